The van der Waals surface area contributed by atoms with E-state index in [2.05, 4.69) is 5.32 Å². The zero-order chi connectivity index (χ0) is 25.1. The largest absolute Gasteiger partial charge is 0.497 e. The van der Waals surface area contributed by atoms with Crippen LogP contribution in [0, 0.1) is 5.82 Å². The van der Waals surface area contributed by atoms with Crippen molar-refractivity contribution in [3.05, 3.63) is 95.8 Å². The van der Waals surface area contributed by atoms with E-state index in [-0.39, 0.29) is 23.7 Å². The fourth-order valence-electron chi connectivity index (χ4n) is 4.53. The van der Waals surface area contributed by atoms with Crippen LogP contribution in [0.5, 0.6) is 5.75 Å². The summed E-state index contributed by atoms with van der Waals surface area (Å²) >= 11 is 0. The normalized spacial score (nSPS) is 14.0. The van der Waals surface area contributed by atoms with Crippen molar-refractivity contribution in [2.45, 2.75) is 18.9 Å². The lowest BCUT2D eigenvalue weighted by molar-refractivity contribution is 0.0700. The number of para-hydroxylation sites is 1. The van der Waals surface area contributed by atoms with Gasteiger partial charge < -0.3 is 15.0 Å². The Hall–Kier alpha value is -4.26. The third kappa shape index (κ3) is 4.91. The van der Waals surface area contributed by atoms with E-state index in [4.69, 9.17) is 9.72 Å². The summed E-state index contributed by atoms with van der Waals surface area (Å²) in [5.41, 5.74) is 3.42. The molecule has 36 heavy (non-hydrogen) atoms. The number of carbonyl (C=O) groups excluding carboxylic acids is 2. The highest BCUT2D eigenvalue weighted by molar-refractivity contribution is 6.07. The van der Waals surface area contributed by atoms with E-state index < -0.39 is 0 Å². The summed E-state index contributed by atoms with van der Waals surface area (Å²) in [4.78, 5) is 32.7. The quantitative estimate of drug-likeness (QED) is 0.430. The highest BCUT2D eigenvalue weighted by Crippen LogP contribution is 2.28. The molecule has 6 nitrogen and oxygen atoms in total. The first-order valence-electron chi connectivity index (χ1n) is 11.9. The molecule has 0 saturated carbocycles. The van der Waals surface area contributed by atoms with Gasteiger partial charge in [0.05, 0.1) is 23.9 Å². The second kappa shape index (κ2) is 10.2. The minimum absolute atomic E-state index is 0.0457. The molecule has 1 fully saturated rings. The number of fused-ring (bicyclic) bond motifs is 1. The maximum atomic E-state index is 13.6. The molecule has 1 aromatic heterocycles. The number of halogens is 1. The first kappa shape index (κ1) is 23.5. The van der Waals surface area contributed by atoms with Gasteiger partial charge >= 0.3 is 0 Å². The number of ether oxygens (including phenoxy) is 1. The fraction of sp³-hybridized carbons (Fsp3) is 0.207. The van der Waals surface area contributed by atoms with Crippen LogP contribution in [0.15, 0.2) is 78.9 Å². The van der Waals surface area contributed by atoms with Crippen molar-refractivity contribution in [2.24, 2.45) is 0 Å². The lowest BCUT2D eigenvalue weighted by atomic mass is 10.00. The molecule has 0 unspecified atom stereocenters. The van der Waals surface area contributed by atoms with Crippen LogP contribution in [0.4, 0.5) is 4.39 Å². The number of aromatic nitrogens is 1. The molecule has 0 radical (unpaired) electrons. The number of rotatable bonds is 5. The van der Waals surface area contributed by atoms with E-state index in [1.807, 2.05) is 59.5 Å². The zero-order valence-corrected chi connectivity index (χ0v) is 19.9. The van der Waals surface area contributed by atoms with Gasteiger partial charge in [0.1, 0.15) is 11.6 Å². The predicted molar refractivity (Wildman–Crippen MR) is 137 cm³/mol. The van der Waals surface area contributed by atoms with Gasteiger partial charge in [-0.3, -0.25) is 9.59 Å². The number of carbonyl (C=O) groups is 2. The first-order chi connectivity index (χ1) is 17.5. The average Bonchev–Trinajstić information content (AvgIpc) is 2.93. The van der Waals surface area contributed by atoms with E-state index in [9.17, 15) is 14.0 Å². The standard InChI is InChI=1S/C29H26FN3O3/c1-36-23-12-8-19(9-13-23)27-18-25(24-4-2-3-5-26(24)32-27)29(35)33-16-14-22(15-17-33)31-28(34)20-6-10-21(30)11-7-20/h2-13,18,22H,14-17H2,1H3,(H,31,34). The predicted octanol–water partition coefficient (Wildman–Crippen LogP) is 5.08. The van der Waals surface area contributed by atoms with Gasteiger partial charge in [-0.2, -0.15) is 0 Å². The molecular formula is C29H26FN3O3. The average molecular weight is 484 g/mol. The Morgan fingerprint density at radius 2 is 1.67 bits per heavy atom. The van der Waals surface area contributed by atoms with Gasteiger partial charge in [-0.25, -0.2) is 9.37 Å². The number of nitrogens with one attached hydrogen (secondary N) is 1. The lowest BCUT2D eigenvalue weighted by Crippen LogP contribution is -2.46. The second-order valence-electron chi connectivity index (χ2n) is 8.85. The summed E-state index contributed by atoms with van der Waals surface area (Å²) in [7, 11) is 1.62. The van der Waals surface area contributed by atoms with Crippen molar-refractivity contribution in [1.82, 2.24) is 15.2 Å². The Morgan fingerprint density at radius 3 is 2.36 bits per heavy atom. The maximum Gasteiger partial charge on any atom is 0.254 e. The number of hydrogen-bond acceptors (Lipinski definition) is 4. The molecule has 182 valence electrons. The minimum Gasteiger partial charge on any atom is -0.497 e. The number of hydrogen-bond donors (Lipinski definition) is 1. The number of methoxy groups -OCH3 is 1. The molecule has 7 heteroatoms. The molecule has 0 aliphatic carbocycles. The van der Waals surface area contributed by atoms with Crippen LogP contribution in [0.2, 0.25) is 0 Å². The minimum atomic E-state index is -0.378. The van der Waals surface area contributed by atoms with Gasteiger partial charge in [0, 0.05) is 35.6 Å². The Kier molecular flexibility index (Phi) is 6.62. The molecule has 1 N–H and O–H groups in total. The van der Waals surface area contributed by atoms with Gasteiger partial charge in [-0.1, -0.05) is 18.2 Å². The molecule has 0 spiro atoms. The molecule has 1 aliphatic rings. The van der Waals surface area contributed by atoms with Crippen LogP contribution in [-0.4, -0.2) is 47.9 Å². The molecule has 4 aromatic rings. The summed E-state index contributed by atoms with van der Waals surface area (Å²) in [5, 5.41) is 3.82. The van der Waals surface area contributed by atoms with Crippen LogP contribution in [0.25, 0.3) is 22.2 Å². The van der Waals surface area contributed by atoms with E-state index in [0.717, 1.165) is 27.9 Å². The zero-order valence-electron chi connectivity index (χ0n) is 19.9. The number of pyridine rings is 1. The van der Waals surface area contributed by atoms with Crippen LogP contribution >= 0.6 is 0 Å². The van der Waals surface area contributed by atoms with Crippen molar-refractivity contribution < 1.29 is 18.7 Å². The molecule has 1 aliphatic heterocycles. The number of benzene rings is 3. The molecule has 0 bridgehead atoms. The topological polar surface area (TPSA) is 71.5 Å². The van der Waals surface area contributed by atoms with E-state index >= 15 is 0 Å². The van der Waals surface area contributed by atoms with Crippen LogP contribution < -0.4 is 10.1 Å². The Morgan fingerprint density at radius 1 is 0.972 bits per heavy atom. The highest BCUT2D eigenvalue weighted by Gasteiger charge is 2.26. The van der Waals surface area contributed by atoms with E-state index in [0.29, 0.717) is 37.1 Å². The molecule has 3 aromatic carbocycles. The fourth-order valence-corrected chi connectivity index (χ4v) is 4.53. The number of amides is 2. The molecular weight excluding hydrogens is 457 g/mol. The van der Waals surface area contributed by atoms with Crippen molar-refractivity contribution in [3.8, 4) is 17.0 Å². The SMILES string of the molecule is COc1ccc(-c2cc(C(=O)N3CCC(NC(=O)c4ccc(F)cc4)CC3)c3ccccc3n2)cc1. The van der Waals surface area contributed by atoms with Gasteiger partial charge in [0.25, 0.3) is 11.8 Å². The van der Waals surface area contributed by atoms with Crippen molar-refractivity contribution >= 4 is 22.7 Å². The van der Waals surface area contributed by atoms with Crippen LogP contribution in [0.1, 0.15) is 33.6 Å². The molecule has 0 atom stereocenters. The second-order valence-corrected chi connectivity index (χ2v) is 8.85. The van der Waals surface area contributed by atoms with Crippen molar-refractivity contribution in [2.75, 3.05) is 20.2 Å². The van der Waals surface area contributed by atoms with Gasteiger partial charge in [0.15, 0.2) is 0 Å². The molecule has 2 amide bonds. The van der Waals surface area contributed by atoms with Gasteiger partial charge in [0.2, 0.25) is 0 Å². The number of nitrogens with zero attached hydrogens (tertiary/aromatic N) is 2. The summed E-state index contributed by atoms with van der Waals surface area (Å²) in [6.07, 6.45) is 1.29. The summed E-state index contributed by atoms with van der Waals surface area (Å²) in [6.45, 7) is 1.06. The Balaban J connectivity index is 1.33. The third-order valence-corrected chi connectivity index (χ3v) is 6.56. The van der Waals surface area contributed by atoms with Crippen molar-refractivity contribution in [1.29, 1.82) is 0 Å². The number of likely N-dealkylation sites (tertiary alicyclic amines) is 1. The summed E-state index contributed by atoms with van der Waals surface area (Å²) in [5.74, 6) is 0.0955. The Labute approximate surface area is 208 Å². The van der Waals surface area contributed by atoms with E-state index in [1.165, 1.54) is 24.3 Å². The van der Waals surface area contributed by atoms with Crippen molar-refractivity contribution in [3.63, 3.8) is 0 Å². The van der Waals surface area contributed by atoms with Crippen LogP contribution in [0.3, 0.4) is 0 Å². The number of piperidine rings is 1. The lowest BCUT2D eigenvalue weighted by Gasteiger charge is -2.32. The smallest absolute Gasteiger partial charge is 0.254 e. The molecule has 5 rings (SSSR count). The highest BCUT2D eigenvalue weighted by atomic mass is 19.1. The van der Waals surface area contributed by atoms with Crippen LogP contribution in [-0.2, 0) is 0 Å². The summed E-state index contributed by atoms with van der Waals surface area (Å²) in [6, 6.07) is 22.6. The van der Waals surface area contributed by atoms with Gasteiger partial charge in [-0.15, -0.1) is 0 Å². The van der Waals surface area contributed by atoms with Gasteiger partial charge in [-0.05, 0) is 73.5 Å². The molecule has 1 saturated heterocycles. The third-order valence-electron chi connectivity index (χ3n) is 6.56. The van der Waals surface area contributed by atoms with E-state index in [1.54, 1.807) is 7.11 Å². The Bertz CT molecular complexity index is 1400. The maximum absolute atomic E-state index is 13.6. The monoisotopic (exact) mass is 483 g/mol. The molecule has 2 heterocycles. The first-order valence-corrected chi connectivity index (χ1v) is 11.9. The summed E-state index contributed by atoms with van der Waals surface area (Å²) < 4.78 is 18.4.